The molecule has 0 atom stereocenters. The standard InChI is InChI=1S/C15H14ClN3OS/c16-11-3-5-14-18-12(10-19(14)9-11)8-17-15(20)6-4-13-2-1-7-21-13/h1-3,5,7,9-10H,4,6,8H2,(H,17,20). The van der Waals surface area contributed by atoms with Gasteiger partial charge in [-0.15, -0.1) is 11.3 Å². The highest BCUT2D eigenvalue weighted by atomic mass is 35.5. The van der Waals surface area contributed by atoms with Crippen LogP contribution in [-0.2, 0) is 17.8 Å². The second-order valence-electron chi connectivity index (χ2n) is 4.70. The molecule has 3 heterocycles. The van der Waals surface area contributed by atoms with E-state index in [0.29, 0.717) is 18.0 Å². The van der Waals surface area contributed by atoms with Gasteiger partial charge in [0.1, 0.15) is 5.65 Å². The van der Waals surface area contributed by atoms with Gasteiger partial charge in [0.2, 0.25) is 5.91 Å². The van der Waals surface area contributed by atoms with Crippen molar-refractivity contribution in [1.82, 2.24) is 14.7 Å². The number of carbonyl (C=O) groups is 1. The lowest BCUT2D eigenvalue weighted by Gasteiger charge is -2.01. The van der Waals surface area contributed by atoms with Gasteiger partial charge in [-0.1, -0.05) is 17.7 Å². The molecule has 3 aromatic heterocycles. The number of aromatic nitrogens is 2. The highest BCUT2D eigenvalue weighted by molar-refractivity contribution is 7.09. The van der Waals surface area contributed by atoms with Crippen LogP contribution in [-0.4, -0.2) is 15.3 Å². The van der Waals surface area contributed by atoms with E-state index in [-0.39, 0.29) is 5.91 Å². The van der Waals surface area contributed by atoms with Gasteiger partial charge in [0.25, 0.3) is 0 Å². The van der Waals surface area contributed by atoms with E-state index in [0.717, 1.165) is 17.8 Å². The van der Waals surface area contributed by atoms with Crippen molar-refractivity contribution < 1.29 is 4.79 Å². The average Bonchev–Trinajstić information content (AvgIpc) is 3.11. The summed E-state index contributed by atoms with van der Waals surface area (Å²) in [5.74, 6) is 0.0403. The Morgan fingerprint density at radius 3 is 3.05 bits per heavy atom. The number of pyridine rings is 1. The van der Waals surface area contributed by atoms with Crippen molar-refractivity contribution in [2.75, 3.05) is 0 Å². The number of hydrogen-bond donors (Lipinski definition) is 1. The summed E-state index contributed by atoms with van der Waals surface area (Å²) in [6.07, 6.45) is 4.96. The molecule has 0 aliphatic rings. The fourth-order valence-corrected chi connectivity index (χ4v) is 2.95. The summed E-state index contributed by atoms with van der Waals surface area (Å²) in [4.78, 5) is 17.5. The zero-order chi connectivity index (χ0) is 14.7. The Morgan fingerprint density at radius 2 is 2.24 bits per heavy atom. The number of fused-ring (bicyclic) bond motifs is 1. The highest BCUT2D eigenvalue weighted by Crippen LogP contribution is 2.12. The third-order valence-corrected chi connectivity index (χ3v) is 4.27. The number of aryl methyl sites for hydroxylation is 1. The maximum Gasteiger partial charge on any atom is 0.220 e. The van der Waals surface area contributed by atoms with E-state index in [2.05, 4.69) is 10.3 Å². The van der Waals surface area contributed by atoms with E-state index in [4.69, 9.17) is 11.6 Å². The number of imidazole rings is 1. The maximum atomic E-state index is 11.8. The summed E-state index contributed by atoms with van der Waals surface area (Å²) in [6.45, 7) is 0.433. The molecule has 0 saturated carbocycles. The van der Waals surface area contributed by atoms with Gasteiger partial charge < -0.3 is 9.72 Å². The Kier molecular flexibility index (Phi) is 4.22. The van der Waals surface area contributed by atoms with Gasteiger partial charge in [0.05, 0.1) is 17.3 Å². The van der Waals surface area contributed by atoms with Crippen LogP contribution < -0.4 is 5.32 Å². The molecule has 1 amide bonds. The minimum atomic E-state index is 0.0403. The number of nitrogens with one attached hydrogen (secondary N) is 1. The van der Waals surface area contributed by atoms with Crippen LogP contribution in [0.2, 0.25) is 5.02 Å². The van der Waals surface area contributed by atoms with Crippen LogP contribution in [0.4, 0.5) is 0 Å². The van der Waals surface area contributed by atoms with E-state index in [9.17, 15) is 4.79 Å². The van der Waals surface area contributed by atoms with Crippen molar-refractivity contribution in [1.29, 1.82) is 0 Å². The second kappa shape index (κ2) is 6.28. The molecule has 0 aliphatic carbocycles. The van der Waals surface area contributed by atoms with E-state index in [1.807, 2.05) is 34.2 Å². The molecule has 0 spiro atoms. The molecule has 4 nitrogen and oxygen atoms in total. The molecule has 0 bridgehead atoms. The normalized spacial score (nSPS) is 10.9. The zero-order valence-corrected chi connectivity index (χ0v) is 12.8. The van der Waals surface area contributed by atoms with Gasteiger partial charge in [-0.25, -0.2) is 4.98 Å². The predicted molar refractivity (Wildman–Crippen MR) is 84.7 cm³/mol. The smallest absolute Gasteiger partial charge is 0.220 e. The lowest BCUT2D eigenvalue weighted by atomic mass is 10.2. The molecule has 21 heavy (non-hydrogen) atoms. The number of carbonyl (C=O) groups excluding carboxylic acids is 1. The van der Waals surface area contributed by atoms with Gasteiger partial charge in [-0.3, -0.25) is 4.79 Å². The molecule has 108 valence electrons. The van der Waals surface area contributed by atoms with Crippen LogP contribution in [0.1, 0.15) is 17.0 Å². The highest BCUT2D eigenvalue weighted by Gasteiger charge is 2.06. The van der Waals surface area contributed by atoms with E-state index < -0.39 is 0 Å². The third kappa shape index (κ3) is 3.62. The first-order valence-corrected chi connectivity index (χ1v) is 7.89. The first kappa shape index (κ1) is 14.1. The lowest BCUT2D eigenvalue weighted by Crippen LogP contribution is -2.23. The van der Waals surface area contributed by atoms with Gasteiger partial charge in [-0.05, 0) is 30.0 Å². The zero-order valence-electron chi connectivity index (χ0n) is 11.3. The average molecular weight is 320 g/mol. The van der Waals surface area contributed by atoms with E-state index >= 15 is 0 Å². The summed E-state index contributed by atoms with van der Waals surface area (Å²) < 4.78 is 1.86. The number of halogens is 1. The fourth-order valence-electron chi connectivity index (χ4n) is 2.07. The van der Waals surface area contributed by atoms with E-state index in [1.165, 1.54) is 4.88 Å². The van der Waals surface area contributed by atoms with Gasteiger partial charge in [-0.2, -0.15) is 0 Å². The van der Waals surface area contributed by atoms with Crippen LogP contribution in [0.25, 0.3) is 5.65 Å². The molecule has 0 unspecified atom stereocenters. The molecular formula is C15H14ClN3OS. The predicted octanol–water partition coefficient (Wildman–Crippen LogP) is 3.30. The third-order valence-electron chi connectivity index (χ3n) is 3.11. The van der Waals surface area contributed by atoms with Crippen molar-refractivity contribution in [3.8, 4) is 0 Å². The van der Waals surface area contributed by atoms with Crippen LogP contribution in [0.3, 0.4) is 0 Å². The Balaban J connectivity index is 1.54. The Morgan fingerprint density at radius 1 is 1.33 bits per heavy atom. The SMILES string of the molecule is O=C(CCc1cccs1)NCc1cn2cc(Cl)ccc2n1. The Labute approximate surface area is 131 Å². The quantitative estimate of drug-likeness (QED) is 0.784. The van der Waals surface area contributed by atoms with Gasteiger partial charge in [0, 0.05) is 23.7 Å². The van der Waals surface area contributed by atoms with Crippen LogP contribution >= 0.6 is 22.9 Å². The number of nitrogens with zero attached hydrogens (tertiary/aromatic N) is 2. The Bertz CT molecular complexity index is 751. The number of thiophene rings is 1. The maximum absolute atomic E-state index is 11.8. The van der Waals surface area contributed by atoms with Crippen molar-refractivity contribution >= 4 is 34.5 Å². The number of amides is 1. The molecule has 0 aromatic carbocycles. The summed E-state index contributed by atoms with van der Waals surface area (Å²) in [5.41, 5.74) is 1.64. The first-order chi connectivity index (χ1) is 10.2. The first-order valence-electron chi connectivity index (χ1n) is 6.63. The Hall–Kier alpha value is -1.85. The van der Waals surface area contributed by atoms with Gasteiger partial charge in [0.15, 0.2) is 0 Å². The van der Waals surface area contributed by atoms with E-state index in [1.54, 1.807) is 23.6 Å². The van der Waals surface area contributed by atoms with Crippen molar-refractivity contribution in [2.45, 2.75) is 19.4 Å². The molecule has 0 radical (unpaired) electrons. The fraction of sp³-hybridized carbons (Fsp3) is 0.200. The van der Waals surface area contributed by atoms with Crippen LogP contribution in [0.5, 0.6) is 0 Å². The summed E-state index contributed by atoms with van der Waals surface area (Å²) >= 11 is 7.60. The van der Waals surface area contributed by atoms with Crippen molar-refractivity contribution in [3.63, 3.8) is 0 Å². The molecule has 1 N–H and O–H groups in total. The summed E-state index contributed by atoms with van der Waals surface area (Å²) in [7, 11) is 0. The summed E-state index contributed by atoms with van der Waals surface area (Å²) in [6, 6.07) is 7.70. The largest absolute Gasteiger partial charge is 0.350 e. The molecule has 0 saturated heterocycles. The topological polar surface area (TPSA) is 46.4 Å². The van der Waals surface area contributed by atoms with Crippen molar-refractivity contribution in [3.05, 3.63) is 57.6 Å². The minimum absolute atomic E-state index is 0.0403. The molecule has 3 rings (SSSR count). The van der Waals surface area contributed by atoms with Crippen LogP contribution in [0.15, 0.2) is 42.0 Å². The van der Waals surface area contributed by atoms with Crippen LogP contribution in [0, 0.1) is 0 Å². The lowest BCUT2D eigenvalue weighted by molar-refractivity contribution is -0.121. The molecule has 0 fully saturated rings. The van der Waals surface area contributed by atoms with Gasteiger partial charge >= 0.3 is 0 Å². The number of rotatable bonds is 5. The summed E-state index contributed by atoms with van der Waals surface area (Å²) in [5, 5.41) is 5.58. The van der Waals surface area contributed by atoms with Crippen molar-refractivity contribution in [2.24, 2.45) is 0 Å². The molecule has 6 heteroatoms. The monoisotopic (exact) mass is 319 g/mol. The molecule has 0 aliphatic heterocycles. The minimum Gasteiger partial charge on any atom is -0.350 e. The molecular weight excluding hydrogens is 306 g/mol. The number of hydrogen-bond acceptors (Lipinski definition) is 3. The second-order valence-corrected chi connectivity index (χ2v) is 6.17. The molecule has 3 aromatic rings.